The van der Waals surface area contributed by atoms with Gasteiger partial charge in [0.15, 0.2) is 12.3 Å². The molecule has 156 valence electrons. The second kappa shape index (κ2) is 9.26. The van der Waals surface area contributed by atoms with Gasteiger partial charge in [0.05, 0.1) is 0 Å². The molecule has 0 spiro atoms. The summed E-state index contributed by atoms with van der Waals surface area (Å²) in [6.07, 6.45) is 0. The quantitative estimate of drug-likeness (QED) is 0.558. The smallest absolute Gasteiger partial charge is 0.361 e. The van der Waals surface area contributed by atoms with E-state index in [9.17, 15) is 9.59 Å². The van der Waals surface area contributed by atoms with Gasteiger partial charge in [-0.25, -0.2) is 9.78 Å². The third-order valence-electron chi connectivity index (χ3n) is 4.64. The van der Waals surface area contributed by atoms with Crippen LogP contribution in [0.2, 0.25) is 0 Å². The molecule has 0 radical (unpaired) electrons. The molecule has 0 aliphatic rings. The van der Waals surface area contributed by atoms with E-state index in [-0.39, 0.29) is 18.2 Å². The average molecular weight is 407 g/mol. The number of rotatable bonds is 7. The fourth-order valence-electron chi connectivity index (χ4n) is 2.86. The highest BCUT2D eigenvalue weighted by atomic mass is 16.5. The summed E-state index contributed by atoms with van der Waals surface area (Å²) in [5.74, 6) is -0.301. The molecular weight excluding hydrogens is 382 g/mol. The number of hydrogen-bond donors (Lipinski definition) is 0. The summed E-state index contributed by atoms with van der Waals surface area (Å²) in [6, 6.07) is 17.2. The third-order valence-corrected chi connectivity index (χ3v) is 4.64. The molecule has 7 nitrogen and oxygen atoms in total. The number of ether oxygens (including phenoxy) is 1. The molecule has 0 atom stereocenters. The zero-order chi connectivity index (χ0) is 21.7. The van der Waals surface area contributed by atoms with E-state index < -0.39 is 5.97 Å². The van der Waals surface area contributed by atoms with Crippen LogP contribution in [-0.2, 0) is 16.1 Å². The monoisotopic (exact) mass is 407 g/mol. The topological polar surface area (TPSA) is 75.9 Å². The number of benzene rings is 2. The fourth-order valence-corrected chi connectivity index (χ4v) is 2.86. The van der Waals surface area contributed by atoms with Crippen molar-refractivity contribution in [3.63, 3.8) is 0 Å². The minimum absolute atomic E-state index is 0.0728. The van der Waals surface area contributed by atoms with Crippen LogP contribution in [-0.4, -0.2) is 49.5 Å². The van der Waals surface area contributed by atoms with Crippen LogP contribution in [0.1, 0.15) is 21.8 Å². The largest absolute Gasteiger partial charge is 0.451 e. The number of nitrogens with zero attached hydrogens (tertiary/aromatic N) is 3. The highest BCUT2D eigenvalue weighted by Crippen LogP contribution is 2.22. The van der Waals surface area contributed by atoms with Gasteiger partial charge in [0, 0.05) is 38.9 Å². The van der Waals surface area contributed by atoms with Crippen LogP contribution in [0, 0.1) is 6.92 Å². The Hall–Kier alpha value is -3.61. The van der Waals surface area contributed by atoms with Crippen LogP contribution in [0.25, 0.3) is 11.5 Å². The summed E-state index contributed by atoms with van der Waals surface area (Å²) in [5, 5.41) is 0. The number of anilines is 1. The Morgan fingerprint density at radius 2 is 1.67 bits per heavy atom. The molecule has 7 heteroatoms. The molecule has 0 saturated heterocycles. The number of aryl methyl sites for hydroxylation is 1. The van der Waals surface area contributed by atoms with E-state index in [1.54, 1.807) is 14.0 Å². The minimum Gasteiger partial charge on any atom is -0.451 e. The van der Waals surface area contributed by atoms with Crippen molar-refractivity contribution in [2.75, 3.05) is 32.6 Å². The standard InChI is InChI=1S/C23H25N3O4/c1-16-21(24-22(30-16)18-8-6-5-7-9-18)23(28)29-15-20(27)26(4)14-17-10-12-19(13-11-17)25(2)3/h5-13H,14-15H2,1-4H3. The van der Waals surface area contributed by atoms with Crippen molar-refractivity contribution in [1.82, 2.24) is 9.88 Å². The minimum atomic E-state index is -0.685. The summed E-state index contributed by atoms with van der Waals surface area (Å²) < 4.78 is 10.7. The molecule has 2 aromatic carbocycles. The van der Waals surface area contributed by atoms with Crippen molar-refractivity contribution < 1.29 is 18.7 Å². The number of hydrogen-bond acceptors (Lipinski definition) is 6. The SMILES string of the molecule is Cc1oc(-c2ccccc2)nc1C(=O)OCC(=O)N(C)Cc1ccc(N(C)C)cc1. The Bertz CT molecular complexity index is 1010. The summed E-state index contributed by atoms with van der Waals surface area (Å²) in [6.45, 7) is 1.70. The van der Waals surface area contributed by atoms with Crippen LogP contribution < -0.4 is 4.90 Å². The second-order valence-electron chi connectivity index (χ2n) is 7.18. The first kappa shape index (κ1) is 21.1. The van der Waals surface area contributed by atoms with Gasteiger partial charge in [0.25, 0.3) is 5.91 Å². The van der Waals surface area contributed by atoms with Crippen molar-refractivity contribution in [3.8, 4) is 11.5 Å². The van der Waals surface area contributed by atoms with E-state index in [1.807, 2.05) is 73.6 Å². The van der Waals surface area contributed by atoms with Gasteiger partial charge in [-0.1, -0.05) is 30.3 Å². The van der Waals surface area contributed by atoms with E-state index in [4.69, 9.17) is 9.15 Å². The first-order valence-electron chi connectivity index (χ1n) is 9.55. The Morgan fingerprint density at radius 3 is 2.30 bits per heavy atom. The molecule has 30 heavy (non-hydrogen) atoms. The number of carbonyl (C=O) groups is 2. The lowest BCUT2D eigenvalue weighted by molar-refractivity contribution is -0.133. The van der Waals surface area contributed by atoms with E-state index in [0.717, 1.165) is 16.8 Å². The number of oxazole rings is 1. The summed E-state index contributed by atoms with van der Waals surface area (Å²) in [5.41, 5.74) is 2.90. The Labute approximate surface area is 175 Å². The zero-order valence-electron chi connectivity index (χ0n) is 17.6. The molecule has 1 heterocycles. The average Bonchev–Trinajstić information content (AvgIpc) is 3.14. The molecule has 0 bridgehead atoms. The third kappa shape index (κ3) is 5.05. The number of esters is 1. The molecule has 3 rings (SSSR count). The van der Waals surface area contributed by atoms with Gasteiger partial charge in [-0.05, 0) is 36.8 Å². The number of carbonyl (C=O) groups excluding carboxylic acids is 2. The molecule has 1 aromatic heterocycles. The van der Waals surface area contributed by atoms with Crippen LogP contribution >= 0.6 is 0 Å². The van der Waals surface area contributed by atoms with Crippen molar-refractivity contribution in [2.24, 2.45) is 0 Å². The van der Waals surface area contributed by atoms with Crippen LogP contribution in [0.4, 0.5) is 5.69 Å². The lowest BCUT2D eigenvalue weighted by Gasteiger charge is -2.18. The molecule has 0 aliphatic carbocycles. The van der Waals surface area contributed by atoms with E-state index in [0.29, 0.717) is 18.2 Å². The van der Waals surface area contributed by atoms with Crippen LogP contribution in [0.5, 0.6) is 0 Å². The van der Waals surface area contributed by atoms with E-state index >= 15 is 0 Å². The van der Waals surface area contributed by atoms with Crippen LogP contribution in [0.15, 0.2) is 59.0 Å². The Morgan fingerprint density at radius 1 is 1.00 bits per heavy atom. The van der Waals surface area contributed by atoms with Gasteiger partial charge in [-0.3, -0.25) is 4.79 Å². The predicted octanol–water partition coefficient (Wildman–Crippen LogP) is 3.53. The predicted molar refractivity (Wildman–Crippen MR) is 114 cm³/mol. The van der Waals surface area contributed by atoms with Crippen molar-refractivity contribution in [1.29, 1.82) is 0 Å². The molecule has 0 fully saturated rings. The Balaban J connectivity index is 1.56. The summed E-state index contributed by atoms with van der Waals surface area (Å²) in [4.78, 5) is 32.5. The van der Waals surface area contributed by atoms with Crippen molar-refractivity contribution in [3.05, 3.63) is 71.6 Å². The first-order chi connectivity index (χ1) is 14.3. The number of likely N-dealkylation sites (N-methyl/N-ethyl adjacent to an activating group) is 1. The van der Waals surface area contributed by atoms with Gasteiger partial charge in [0.2, 0.25) is 5.89 Å². The maximum Gasteiger partial charge on any atom is 0.361 e. The number of aromatic nitrogens is 1. The molecule has 3 aromatic rings. The van der Waals surface area contributed by atoms with Gasteiger partial charge >= 0.3 is 5.97 Å². The first-order valence-corrected chi connectivity index (χ1v) is 9.55. The van der Waals surface area contributed by atoms with Gasteiger partial charge in [-0.2, -0.15) is 0 Å². The van der Waals surface area contributed by atoms with Crippen LogP contribution in [0.3, 0.4) is 0 Å². The highest BCUT2D eigenvalue weighted by Gasteiger charge is 2.21. The molecule has 0 aliphatic heterocycles. The maximum absolute atomic E-state index is 12.4. The second-order valence-corrected chi connectivity index (χ2v) is 7.18. The Kier molecular flexibility index (Phi) is 6.51. The van der Waals surface area contributed by atoms with Gasteiger partial charge < -0.3 is 19.0 Å². The van der Waals surface area contributed by atoms with Gasteiger partial charge in [0.1, 0.15) is 5.76 Å². The molecule has 1 amide bonds. The summed E-state index contributed by atoms with van der Waals surface area (Å²) >= 11 is 0. The van der Waals surface area contributed by atoms with Crippen molar-refractivity contribution in [2.45, 2.75) is 13.5 Å². The number of amides is 1. The molecule has 0 unspecified atom stereocenters. The maximum atomic E-state index is 12.4. The fraction of sp³-hybridized carbons (Fsp3) is 0.261. The summed E-state index contributed by atoms with van der Waals surface area (Å²) in [7, 11) is 5.61. The lowest BCUT2D eigenvalue weighted by atomic mass is 10.2. The van der Waals surface area contributed by atoms with Gasteiger partial charge in [-0.15, -0.1) is 0 Å². The van der Waals surface area contributed by atoms with E-state index in [2.05, 4.69) is 4.98 Å². The van der Waals surface area contributed by atoms with Crippen molar-refractivity contribution >= 4 is 17.6 Å². The van der Waals surface area contributed by atoms with E-state index in [1.165, 1.54) is 4.90 Å². The zero-order valence-corrected chi connectivity index (χ0v) is 17.6. The molecule has 0 N–H and O–H groups in total. The highest BCUT2D eigenvalue weighted by molar-refractivity contribution is 5.90. The lowest BCUT2D eigenvalue weighted by Crippen LogP contribution is -2.31. The molecule has 0 saturated carbocycles. The molecular formula is C23H25N3O4. The normalized spacial score (nSPS) is 10.5.